The Kier molecular flexibility index (Phi) is 13.0. The first-order valence-electron chi connectivity index (χ1n) is 13.5. The van der Waals surface area contributed by atoms with Crippen LogP contribution in [-0.4, -0.2) is 47.5 Å². The summed E-state index contributed by atoms with van der Waals surface area (Å²) in [6, 6.07) is 4.26. The molecule has 0 spiro atoms. The minimum atomic E-state index is -0.822. The van der Waals surface area contributed by atoms with Gasteiger partial charge in [-0.05, 0) is 70.1 Å². The largest absolute Gasteiger partial charge is 0.444 e. The number of unbranched alkanes of at least 4 members (excludes halogenated alkanes) is 3. The number of rotatable bonds is 13. The molecule has 36 heavy (non-hydrogen) atoms. The molecule has 7 heteroatoms. The molecule has 0 heterocycles. The highest BCUT2D eigenvalue weighted by Crippen LogP contribution is 2.28. The van der Waals surface area contributed by atoms with Crippen molar-refractivity contribution in [2.45, 2.75) is 112 Å². The number of benzene rings is 1. The molecule has 0 aliphatic rings. The number of hydrogen-bond donors (Lipinski definition) is 2. The average molecular weight is 504 g/mol. The van der Waals surface area contributed by atoms with Crippen molar-refractivity contribution in [2.24, 2.45) is 5.92 Å². The van der Waals surface area contributed by atoms with Gasteiger partial charge in [-0.15, -0.1) is 0 Å². The number of amides is 3. The van der Waals surface area contributed by atoms with Crippen molar-refractivity contribution in [3.63, 3.8) is 0 Å². The van der Waals surface area contributed by atoms with E-state index in [-0.39, 0.29) is 17.7 Å². The fraction of sp³-hybridized carbons (Fsp3) is 0.690. The Morgan fingerprint density at radius 1 is 1.00 bits per heavy atom. The summed E-state index contributed by atoms with van der Waals surface area (Å²) in [6.07, 6.45) is 3.95. The van der Waals surface area contributed by atoms with Crippen LogP contribution in [0.5, 0.6) is 0 Å². The first-order valence-corrected chi connectivity index (χ1v) is 13.5. The van der Waals surface area contributed by atoms with Crippen molar-refractivity contribution in [3.05, 3.63) is 34.9 Å². The second-order valence-corrected chi connectivity index (χ2v) is 10.9. The molecule has 0 aliphatic heterocycles. The lowest BCUT2D eigenvalue weighted by atomic mass is 9.93. The van der Waals surface area contributed by atoms with Gasteiger partial charge >= 0.3 is 6.09 Å². The highest BCUT2D eigenvalue weighted by Gasteiger charge is 2.37. The minimum absolute atomic E-state index is 0.191. The van der Waals surface area contributed by atoms with Crippen molar-refractivity contribution in [3.8, 4) is 0 Å². The SMILES string of the molecule is CCCCCNC(=O)C(c1cccc(C)c1C)N(CCCC)C(=O)C(NC(=O)OC(C)(C)C)C(C)C. The first kappa shape index (κ1) is 31.5. The van der Waals surface area contributed by atoms with E-state index in [1.54, 1.807) is 25.7 Å². The van der Waals surface area contributed by atoms with Crippen LogP contribution >= 0.6 is 0 Å². The van der Waals surface area contributed by atoms with Crippen LogP contribution in [0.25, 0.3) is 0 Å². The molecule has 204 valence electrons. The molecule has 1 aromatic carbocycles. The van der Waals surface area contributed by atoms with E-state index in [9.17, 15) is 14.4 Å². The number of carbonyl (C=O) groups is 3. The van der Waals surface area contributed by atoms with Gasteiger partial charge in [-0.2, -0.15) is 0 Å². The van der Waals surface area contributed by atoms with Crippen LogP contribution in [0.2, 0.25) is 0 Å². The maximum atomic E-state index is 14.1. The van der Waals surface area contributed by atoms with E-state index in [1.807, 2.05) is 45.9 Å². The van der Waals surface area contributed by atoms with Crippen molar-refractivity contribution in [1.82, 2.24) is 15.5 Å². The van der Waals surface area contributed by atoms with Gasteiger partial charge in [0.2, 0.25) is 11.8 Å². The molecular formula is C29H49N3O4. The molecule has 1 rings (SSSR count). The van der Waals surface area contributed by atoms with Crippen LogP contribution in [0.4, 0.5) is 4.79 Å². The fourth-order valence-corrected chi connectivity index (χ4v) is 4.03. The molecule has 7 nitrogen and oxygen atoms in total. The van der Waals surface area contributed by atoms with Gasteiger partial charge in [-0.1, -0.05) is 65.2 Å². The molecule has 0 saturated carbocycles. The molecule has 2 atom stereocenters. The van der Waals surface area contributed by atoms with E-state index in [2.05, 4.69) is 24.5 Å². The van der Waals surface area contributed by atoms with Gasteiger partial charge in [-0.3, -0.25) is 9.59 Å². The second-order valence-electron chi connectivity index (χ2n) is 10.9. The first-order chi connectivity index (χ1) is 16.8. The molecule has 1 aromatic rings. The van der Waals surface area contributed by atoms with E-state index < -0.39 is 23.8 Å². The second kappa shape index (κ2) is 14.9. The van der Waals surface area contributed by atoms with Crippen molar-refractivity contribution in [1.29, 1.82) is 0 Å². The van der Waals surface area contributed by atoms with E-state index in [4.69, 9.17) is 4.74 Å². The lowest BCUT2D eigenvalue weighted by Crippen LogP contribution is -2.55. The fourth-order valence-electron chi connectivity index (χ4n) is 4.03. The van der Waals surface area contributed by atoms with E-state index >= 15 is 0 Å². The summed E-state index contributed by atoms with van der Waals surface area (Å²) in [5.41, 5.74) is 2.18. The van der Waals surface area contributed by atoms with Crippen molar-refractivity contribution in [2.75, 3.05) is 13.1 Å². The third-order valence-corrected chi connectivity index (χ3v) is 6.22. The molecule has 0 aliphatic carbocycles. The Morgan fingerprint density at radius 2 is 1.64 bits per heavy atom. The topological polar surface area (TPSA) is 87.7 Å². The van der Waals surface area contributed by atoms with Crippen LogP contribution in [0, 0.1) is 19.8 Å². The number of nitrogens with zero attached hydrogens (tertiary/aromatic N) is 1. The zero-order chi connectivity index (χ0) is 27.5. The summed E-state index contributed by atoms with van der Waals surface area (Å²) in [7, 11) is 0. The number of nitrogens with one attached hydrogen (secondary N) is 2. The maximum absolute atomic E-state index is 14.1. The Hall–Kier alpha value is -2.57. The number of alkyl carbamates (subject to hydrolysis) is 1. The molecular weight excluding hydrogens is 454 g/mol. The third-order valence-electron chi connectivity index (χ3n) is 6.22. The zero-order valence-electron chi connectivity index (χ0n) is 24.0. The number of carbonyl (C=O) groups excluding carboxylic acids is 3. The predicted octanol–water partition coefficient (Wildman–Crippen LogP) is 5.83. The van der Waals surface area contributed by atoms with Gasteiger partial charge in [-0.25, -0.2) is 4.79 Å². The maximum Gasteiger partial charge on any atom is 0.408 e. The molecule has 3 amide bonds. The van der Waals surface area contributed by atoms with Gasteiger partial charge in [0.25, 0.3) is 0 Å². The number of hydrogen-bond acceptors (Lipinski definition) is 4. The molecule has 0 fully saturated rings. The number of ether oxygens (including phenoxy) is 1. The standard InChI is InChI=1S/C29H49N3O4/c1-10-12-14-18-30-26(33)25(23-17-15-16-21(5)22(23)6)32(19-13-11-2)27(34)24(20(3)4)31-28(35)36-29(7,8)9/h15-17,20,24-25H,10-14,18-19H2,1-9H3,(H,30,33)(H,31,35). The van der Waals surface area contributed by atoms with Crippen LogP contribution in [0.15, 0.2) is 18.2 Å². The Bertz CT molecular complexity index is 861. The lowest BCUT2D eigenvalue weighted by molar-refractivity contribution is -0.143. The lowest BCUT2D eigenvalue weighted by Gasteiger charge is -2.36. The summed E-state index contributed by atoms with van der Waals surface area (Å²) in [5.74, 6) is -0.663. The summed E-state index contributed by atoms with van der Waals surface area (Å²) < 4.78 is 5.43. The molecule has 0 bridgehead atoms. The third kappa shape index (κ3) is 9.82. The molecule has 2 unspecified atom stereocenters. The zero-order valence-corrected chi connectivity index (χ0v) is 24.0. The normalized spacial score (nSPS) is 13.2. The van der Waals surface area contributed by atoms with E-state index in [1.165, 1.54) is 0 Å². The van der Waals surface area contributed by atoms with Crippen LogP contribution < -0.4 is 10.6 Å². The van der Waals surface area contributed by atoms with E-state index in [0.29, 0.717) is 13.1 Å². The highest BCUT2D eigenvalue weighted by molar-refractivity contribution is 5.92. The van der Waals surface area contributed by atoms with Crippen molar-refractivity contribution >= 4 is 17.9 Å². The summed E-state index contributed by atoms with van der Waals surface area (Å²) in [4.78, 5) is 42.0. The van der Waals surface area contributed by atoms with Crippen molar-refractivity contribution < 1.29 is 19.1 Å². The Morgan fingerprint density at radius 3 is 2.19 bits per heavy atom. The number of aryl methyl sites for hydroxylation is 1. The Balaban J connectivity index is 3.46. The monoisotopic (exact) mass is 503 g/mol. The molecule has 0 aromatic heterocycles. The van der Waals surface area contributed by atoms with Crippen LogP contribution in [0.1, 0.15) is 103 Å². The van der Waals surface area contributed by atoms with Gasteiger partial charge in [0.1, 0.15) is 17.7 Å². The van der Waals surface area contributed by atoms with Crippen LogP contribution in [0.3, 0.4) is 0 Å². The summed E-state index contributed by atoms with van der Waals surface area (Å²) in [5, 5.41) is 5.85. The van der Waals surface area contributed by atoms with Gasteiger partial charge in [0.15, 0.2) is 0 Å². The highest BCUT2D eigenvalue weighted by atomic mass is 16.6. The molecule has 0 saturated heterocycles. The van der Waals surface area contributed by atoms with Crippen LogP contribution in [-0.2, 0) is 14.3 Å². The quantitative estimate of drug-likeness (QED) is 0.332. The summed E-state index contributed by atoms with van der Waals surface area (Å²) >= 11 is 0. The summed E-state index contributed by atoms with van der Waals surface area (Å²) in [6.45, 7) is 18.3. The Labute approximate surface area is 218 Å². The average Bonchev–Trinajstić information content (AvgIpc) is 2.78. The molecule has 0 radical (unpaired) electrons. The minimum Gasteiger partial charge on any atom is -0.444 e. The molecule has 2 N–H and O–H groups in total. The van der Waals surface area contributed by atoms with Gasteiger partial charge in [0, 0.05) is 13.1 Å². The predicted molar refractivity (Wildman–Crippen MR) is 146 cm³/mol. The van der Waals surface area contributed by atoms with E-state index in [0.717, 1.165) is 48.8 Å². The smallest absolute Gasteiger partial charge is 0.408 e. The van der Waals surface area contributed by atoms with Gasteiger partial charge < -0.3 is 20.3 Å². The van der Waals surface area contributed by atoms with Gasteiger partial charge in [0.05, 0.1) is 0 Å².